The molecule has 3 N–H and O–H groups in total. The largest absolute Gasteiger partial charge is 0.399 e. The van der Waals surface area contributed by atoms with Gasteiger partial charge < -0.3 is 10.3 Å². The first-order chi connectivity index (χ1) is 7.97. The van der Waals surface area contributed by atoms with Gasteiger partial charge in [0.1, 0.15) is 5.76 Å². The van der Waals surface area contributed by atoms with E-state index in [1.807, 2.05) is 0 Å². The van der Waals surface area contributed by atoms with Gasteiger partial charge in [-0.25, -0.2) is 8.42 Å². The highest BCUT2D eigenvalue weighted by molar-refractivity contribution is 7.92. The Morgan fingerprint density at radius 3 is 2.71 bits per heavy atom. The van der Waals surface area contributed by atoms with Crippen LogP contribution in [0, 0.1) is 6.92 Å². The van der Waals surface area contributed by atoms with E-state index in [9.17, 15) is 8.42 Å². The van der Waals surface area contributed by atoms with Gasteiger partial charge in [0.15, 0.2) is 5.82 Å². The van der Waals surface area contributed by atoms with Crippen LogP contribution >= 0.6 is 0 Å². The molecule has 2 aromatic rings. The quantitative estimate of drug-likeness (QED) is 0.805. The Hall–Kier alpha value is -2.02. The summed E-state index contributed by atoms with van der Waals surface area (Å²) in [5.41, 5.74) is 5.91. The lowest BCUT2D eigenvalue weighted by Crippen LogP contribution is -2.13. The molecule has 0 saturated heterocycles. The van der Waals surface area contributed by atoms with Crippen LogP contribution in [0.15, 0.2) is 39.8 Å². The highest BCUT2D eigenvalue weighted by Crippen LogP contribution is 2.17. The molecule has 0 bridgehead atoms. The maximum atomic E-state index is 11.9. The third kappa shape index (κ3) is 2.56. The molecule has 0 amide bonds. The monoisotopic (exact) mass is 253 g/mol. The van der Waals surface area contributed by atoms with E-state index < -0.39 is 10.0 Å². The van der Waals surface area contributed by atoms with Gasteiger partial charge in [-0.2, -0.15) is 0 Å². The van der Waals surface area contributed by atoms with E-state index in [1.165, 1.54) is 18.2 Å². The van der Waals surface area contributed by atoms with E-state index in [0.717, 1.165) is 0 Å². The molecule has 0 aliphatic rings. The van der Waals surface area contributed by atoms with Crippen LogP contribution in [-0.2, 0) is 10.0 Å². The molecule has 2 rings (SSSR count). The zero-order chi connectivity index (χ0) is 12.5. The Bertz CT molecular complexity index is 634. The summed E-state index contributed by atoms with van der Waals surface area (Å²) in [5, 5.41) is 3.55. The Kier molecular flexibility index (Phi) is 2.76. The number of sulfonamides is 1. The van der Waals surface area contributed by atoms with E-state index in [0.29, 0.717) is 11.4 Å². The number of nitrogens with zero attached hydrogens (tertiary/aromatic N) is 1. The van der Waals surface area contributed by atoms with Crippen molar-refractivity contribution >= 4 is 21.5 Å². The van der Waals surface area contributed by atoms with Crippen molar-refractivity contribution in [1.82, 2.24) is 5.16 Å². The number of nitrogens with one attached hydrogen (secondary N) is 1. The number of hydrogen-bond donors (Lipinski definition) is 2. The zero-order valence-corrected chi connectivity index (χ0v) is 9.86. The summed E-state index contributed by atoms with van der Waals surface area (Å²) in [6.45, 7) is 1.67. The van der Waals surface area contributed by atoms with Gasteiger partial charge in [-0.1, -0.05) is 11.2 Å². The molecule has 7 heteroatoms. The molecule has 17 heavy (non-hydrogen) atoms. The van der Waals surface area contributed by atoms with E-state index >= 15 is 0 Å². The van der Waals surface area contributed by atoms with E-state index in [-0.39, 0.29) is 10.7 Å². The van der Waals surface area contributed by atoms with E-state index in [2.05, 4.69) is 9.88 Å². The highest BCUT2D eigenvalue weighted by Gasteiger charge is 2.16. The Morgan fingerprint density at radius 2 is 2.12 bits per heavy atom. The van der Waals surface area contributed by atoms with Crippen LogP contribution in [0.4, 0.5) is 11.5 Å². The molecule has 0 aliphatic heterocycles. The number of nitrogens with two attached hydrogens (primary N) is 1. The maximum Gasteiger partial charge on any atom is 0.263 e. The van der Waals surface area contributed by atoms with Gasteiger partial charge in [0, 0.05) is 11.8 Å². The molecule has 90 valence electrons. The average Bonchev–Trinajstić information content (AvgIpc) is 2.63. The minimum atomic E-state index is -3.67. The van der Waals surface area contributed by atoms with Crippen LogP contribution in [0.1, 0.15) is 5.76 Å². The topological polar surface area (TPSA) is 98.2 Å². The van der Waals surface area contributed by atoms with Crippen molar-refractivity contribution < 1.29 is 12.9 Å². The zero-order valence-electron chi connectivity index (χ0n) is 9.04. The van der Waals surface area contributed by atoms with Crippen LogP contribution in [0.3, 0.4) is 0 Å². The first-order valence-electron chi connectivity index (χ1n) is 4.79. The second-order valence-electron chi connectivity index (χ2n) is 3.50. The lowest BCUT2D eigenvalue weighted by atomic mass is 10.3. The fraction of sp³-hybridized carbons (Fsp3) is 0.100. The van der Waals surface area contributed by atoms with Crippen molar-refractivity contribution in [3.05, 3.63) is 36.1 Å². The van der Waals surface area contributed by atoms with Gasteiger partial charge in [-0.05, 0) is 25.1 Å². The molecule has 6 nitrogen and oxygen atoms in total. The molecule has 0 saturated carbocycles. The number of rotatable bonds is 3. The number of nitrogen functional groups attached to an aromatic ring is 1. The molecular weight excluding hydrogens is 242 g/mol. The smallest absolute Gasteiger partial charge is 0.263 e. The summed E-state index contributed by atoms with van der Waals surface area (Å²) in [6.07, 6.45) is 0. The van der Waals surface area contributed by atoms with Gasteiger partial charge >= 0.3 is 0 Å². The number of anilines is 2. The summed E-state index contributed by atoms with van der Waals surface area (Å²) < 4.78 is 30.9. The Labute approximate surface area is 98.5 Å². The lowest BCUT2D eigenvalue weighted by Gasteiger charge is -2.05. The minimum absolute atomic E-state index is 0.0816. The molecule has 1 heterocycles. The van der Waals surface area contributed by atoms with Crippen molar-refractivity contribution in [2.75, 3.05) is 10.5 Å². The molecule has 0 unspecified atom stereocenters. The Morgan fingerprint density at radius 1 is 1.35 bits per heavy atom. The number of aryl methyl sites for hydroxylation is 1. The van der Waals surface area contributed by atoms with Gasteiger partial charge in [-0.3, -0.25) is 4.72 Å². The average molecular weight is 253 g/mol. The predicted molar refractivity (Wildman–Crippen MR) is 62.9 cm³/mol. The maximum absolute atomic E-state index is 11.9. The van der Waals surface area contributed by atoms with Crippen molar-refractivity contribution in [3.8, 4) is 0 Å². The van der Waals surface area contributed by atoms with Gasteiger partial charge in [0.05, 0.1) is 4.90 Å². The normalized spacial score (nSPS) is 11.4. The molecule has 0 radical (unpaired) electrons. The van der Waals surface area contributed by atoms with Crippen LogP contribution in [-0.4, -0.2) is 13.6 Å². The summed E-state index contributed by atoms with van der Waals surface area (Å²) >= 11 is 0. The van der Waals surface area contributed by atoms with Crippen molar-refractivity contribution in [2.45, 2.75) is 11.8 Å². The van der Waals surface area contributed by atoms with E-state index in [1.54, 1.807) is 19.1 Å². The Balaban J connectivity index is 2.31. The van der Waals surface area contributed by atoms with Crippen molar-refractivity contribution in [1.29, 1.82) is 0 Å². The molecule has 1 aromatic heterocycles. The third-order valence-corrected chi connectivity index (χ3v) is 3.39. The first-order valence-corrected chi connectivity index (χ1v) is 6.27. The summed E-state index contributed by atoms with van der Waals surface area (Å²) in [7, 11) is -3.67. The predicted octanol–water partition coefficient (Wildman–Crippen LogP) is 1.37. The summed E-state index contributed by atoms with van der Waals surface area (Å²) in [5.74, 6) is 0.667. The number of aromatic nitrogens is 1. The lowest BCUT2D eigenvalue weighted by molar-refractivity contribution is 0.400. The van der Waals surface area contributed by atoms with Gasteiger partial charge in [0.25, 0.3) is 10.0 Å². The fourth-order valence-corrected chi connectivity index (χ4v) is 2.33. The van der Waals surface area contributed by atoms with E-state index in [4.69, 9.17) is 10.3 Å². The number of benzene rings is 1. The second-order valence-corrected chi connectivity index (χ2v) is 5.18. The highest BCUT2D eigenvalue weighted by atomic mass is 32.2. The molecule has 1 aromatic carbocycles. The van der Waals surface area contributed by atoms with Crippen LogP contribution in [0.2, 0.25) is 0 Å². The summed E-state index contributed by atoms with van der Waals surface area (Å²) in [6, 6.07) is 7.49. The third-order valence-electron chi connectivity index (χ3n) is 2.04. The molecule has 0 spiro atoms. The SMILES string of the molecule is Cc1cc(NS(=O)(=O)c2cccc(N)c2)no1. The van der Waals surface area contributed by atoms with Gasteiger partial charge in [0.2, 0.25) is 0 Å². The van der Waals surface area contributed by atoms with Gasteiger partial charge in [-0.15, -0.1) is 0 Å². The van der Waals surface area contributed by atoms with Crippen LogP contribution in [0.25, 0.3) is 0 Å². The fourth-order valence-electron chi connectivity index (χ4n) is 1.29. The molecule has 0 atom stereocenters. The molecule has 0 aliphatic carbocycles. The van der Waals surface area contributed by atoms with Crippen molar-refractivity contribution in [2.24, 2.45) is 0 Å². The molecule has 0 fully saturated rings. The summed E-state index contributed by atoms with van der Waals surface area (Å²) in [4.78, 5) is 0.0816. The van der Waals surface area contributed by atoms with Crippen LogP contribution in [0.5, 0.6) is 0 Å². The molecular formula is C10H11N3O3S. The minimum Gasteiger partial charge on any atom is -0.399 e. The first kappa shape index (κ1) is 11.5. The second kappa shape index (κ2) is 4.10. The number of hydrogen-bond acceptors (Lipinski definition) is 5. The van der Waals surface area contributed by atoms with Crippen molar-refractivity contribution in [3.63, 3.8) is 0 Å². The van der Waals surface area contributed by atoms with Crippen LogP contribution < -0.4 is 10.5 Å². The standard InChI is InChI=1S/C10H11N3O3S/c1-7-5-10(12-16-7)13-17(14,15)9-4-2-3-8(11)6-9/h2-6H,11H2,1H3,(H,12,13).